The zero-order valence-electron chi connectivity index (χ0n) is 13.2. The lowest BCUT2D eigenvalue weighted by molar-refractivity contribution is 0.848. The van der Waals surface area contributed by atoms with Gasteiger partial charge in [-0.1, -0.05) is 54.4 Å². The number of nitrogens with one attached hydrogen (secondary N) is 1. The van der Waals surface area contributed by atoms with E-state index in [4.69, 9.17) is 0 Å². The summed E-state index contributed by atoms with van der Waals surface area (Å²) >= 11 is 0. The molecule has 0 aliphatic carbocycles. The third kappa shape index (κ3) is 2.50. The number of benzene rings is 2. The minimum Gasteiger partial charge on any atom is -0.290 e. The van der Waals surface area contributed by atoms with E-state index in [9.17, 15) is 4.79 Å². The molecule has 0 unspecified atom stereocenters. The van der Waals surface area contributed by atoms with Crippen molar-refractivity contribution in [1.82, 2.24) is 9.78 Å². The predicted molar refractivity (Wildman–Crippen MR) is 90.7 cm³/mol. The quantitative estimate of drug-likeness (QED) is 0.778. The van der Waals surface area contributed by atoms with Gasteiger partial charge < -0.3 is 0 Å². The molecule has 0 radical (unpaired) electrons. The second kappa shape index (κ2) is 5.68. The second-order valence-electron chi connectivity index (χ2n) is 5.66. The van der Waals surface area contributed by atoms with E-state index in [0.717, 1.165) is 22.5 Å². The van der Waals surface area contributed by atoms with Crippen LogP contribution in [0.3, 0.4) is 0 Å². The van der Waals surface area contributed by atoms with Crippen molar-refractivity contribution in [3.05, 3.63) is 75.6 Å². The fraction of sp³-hybridized carbons (Fsp3) is 0.211. The normalized spacial score (nSPS) is 10.9. The molecule has 112 valence electrons. The van der Waals surface area contributed by atoms with Gasteiger partial charge in [-0.2, -0.15) is 0 Å². The highest BCUT2D eigenvalue weighted by atomic mass is 16.1. The molecule has 0 saturated carbocycles. The molecule has 0 amide bonds. The molecular weight excluding hydrogens is 272 g/mol. The zero-order chi connectivity index (χ0) is 15.7. The fourth-order valence-corrected chi connectivity index (χ4v) is 2.63. The first-order valence-electron chi connectivity index (χ1n) is 7.58. The van der Waals surface area contributed by atoms with E-state index in [1.54, 1.807) is 4.68 Å². The highest BCUT2D eigenvalue weighted by Crippen LogP contribution is 2.21. The van der Waals surface area contributed by atoms with Crippen LogP contribution < -0.4 is 5.56 Å². The first kappa shape index (κ1) is 14.4. The Bertz CT molecular complexity index is 837. The van der Waals surface area contributed by atoms with Gasteiger partial charge in [-0.25, -0.2) is 4.68 Å². The van der Waals surface area contributed by atoms with Crippen molar-refractivity contribution >= 4 is 0 Å². The molecule has 0 aliphatic rings. The van der Waals surface area contributed by atoms with Gasteiger partial charge in [0, 0.05) is 5.56 Å². The Morgan fingerprint density at radius 3 is 2.00 bits per heavy atom. The molecule has 1 aromatic heterocycles. The fourth-order valence-electron chi connectivity index (χ4n) is 2.63. The summed E-state index contributed by atoms with van der Waals surface area (Å²) in [5.41, 5.74) is 6.06. The molecule has 0 saturated heterocycles. The van der Waals surface area contributed by atoms with Gasteiger partial charge in [0.15, 0.2) is 0 Å². The van der Waals surface area contributed by atoms with Crippen LogP contribution in [0.25, 0.3) is 16.9 Å². The number of hydrogen-bond acceptors (Lipinski definition) is 1. The molecule has 1 N–H and O–H groups in total. The minimum atomic E-state index is 0.0296. The van der Waals surface area contributed by atoms with Crippen LogP contribution in [0.5, 0.6) is 0 Å². The third-order valence-electron chi connectivity index (χ3n) is 3.97. The van der Waals surface area contributed by atoms with Crippen LogP contribution >= 0.6 is 0 Å². The number of aryl methyl sites for hydroxylation is 2. The van der Waals surface area contributed by atoms with Crippen molar-refractivity contribution in [3.63, 3.8) is 0 Å². The van der Waals surface area contributed by atoms with Gasteiger partial charge in [0.1, 0.15) is 0 Å². The molecule has 0 aliphatic heterocycles. The number of rotatable bonds is 3. The van der Waals surface area contributed by atoms with Gasteiger partial charge in [0.05, 0.1) is 11.4 Å². The summed E-state index contributed by atoms with van der Waals surface area (Å²) in [7, 11) is 0. The Kier molecular flexibility index (Phi) is 3.72. The molecule has 1 heterocycles. The maximum atomic E-state index is 12.7. The van der Waals surface area contributed by atoms with Gasteiger partial charge in [0.2, 0.25) is 0 Å². The first-order chi connectivity index (χ1) is 10.6. The van der Waals surface area contributed by atoms with E-state index in [-0.39, 0.29) is 5.56 Å². The van der Waals surface area contributed by atoms with Gasteiger partial charge >= 0.3 is 0 Å². The summed E-state index contributed by atoms with van der Waals surface area (Å²) in [4.78, 5) is 12.7. The van der Waals surface area contributed by atoms with E-state index in [1.807, 2.05) is 38.1 Å². The molecule has 3 aromatic rings. The van der Waals surface area contributed by atoms with E-state index < -0.39 is 0 Å². The summed E-state index contributed by atoms with van der Waals surface area (Å²) < 4.78 is 1.63. The van der Waals surface area contributed by atoms with Crippen LogP contribution in [-0.4, -0.2) is 9.78 Å². The predicted octanol–water partition coefficient (Wildman–Crippen LogP) is 4.01. The van der Waals surface area contributed by atoms with E-state index in [0.29, 0.717) is 6.42 Å². The average Bonchev–Trinajstić information content (AvgIpc) is 2.85. The average molecular weight is 292 g/mol. The van der Waals surface area contributed by atoms with Crippen molar-refractivity contribution in [2.45, 2.75) is 27.2 Å². The SMILES string of the molecule is CCc1c(-c2ccc(C)cc2)[nH]n(-c2ccc(C)cc2)c1=O. The summed E-state index contributed by atoms with van der Waals surface area (Å²) in [6.45, 7) is 6.11. The Morgan fingerprint density at radius 1 is 0.909 bits per heavy atom. The van der Waals surface area contributed by atoms with Crippen LogP contribution in [0, 0.1) is 13.8 Å². The van der Waals surface area contributed by atoms with Crippen molar-refractivity contribution in [3.8, 4) is 16.9 Å². The summed E-state index contributed by atoms with van der Waals surface area (Å²) in [5, 5.41) is 3.28. The summed E-state index contributed by atoms with van der Waals surface area (Å²) in [5.74, 6) is 0. The number of nitrogens with zero attached hydrogens (tertiary/aromatic N) is 1. The minimum absolute atomic E-state index is 0.0296. The van der Waals surface area contributed by atoms with Crippen molar-refractivity contribution in [1.29, 1.82) is 0 Å². The second-order valence-corrected chi connectivity index (χ2v) is 5.66. The van der Waals surface area contributed by atoms with Crippen LogP contribution in [-0.2, 0) is 6.42 Å². The van der Waals surface area contributed by atoms with Crippen LogP contribution in [0.2, 0.25) is 0 Å². The molecule has 3 nitrogen and oxygen atoms in total. The maximum Gasteiger partial charge on any atom is 0.275 e. The molecule has 0 atom stereocenters. The molecule has 0 spiro atoms. The van der Waals surface area contributed by atoms with Crippen LogP contribution in [0.1, 0.15) is 23.6 Å². The molecule has 0 bridgehead atoms. The van der Waals surface area contributed by atoms with Crippen LogP contribution in [0.4, 0.5) is 0 Å². The van der Waals surface area contributed by atoms with Gasteiger partial charge in [0.25, 0.3) is 5.56 Å². The van der Waals surface area contributed by atoms with E-state index in [1.165, 1.54) is 11.1 Å². The molecule has 2 aromatic carbocycles. The largest absolute Gasteiger partial charge is 0.290 e. The first-order valence-corrected chi connectivity index (χ1v) is 7.58. The highest BCUT2D eigenvalue weighted by Gasteiger charge is 2.15. The smallest absolute Gasteiger partial charge is 0.275 e. The Labute approximate surface area is 130 Å². The zero-order valence-corrected chi connectivity index (χ0v) is 13.2. The van der Waals surface area contributed by atoms with E-state index in [2.05, 4.69) is 36.3 Å². The Hall–Kier alpha value is -2.55. The number of hydrogen-bond donors (Lipinski definition) is 1. The molecule has 0 fully saturated rings. The Morgan fingerprint density at radius 2 is 1.45 bits per heavy atom. The highest BCUT2D eigenvalue weighted by molar-refractivity contribution is 5.63. The monoisotopic (exact) mass is 292 g/mol. The van der Waals surface area contributed by atoms with Gasteiger partial charge in [-0.3, -0.25) is 9.89 Å². The van der Waals surface area contributed by atoms with Gasteiger partial charge in [-0.15, -0.1) is 0 Å². The molecule has 3 heteroatoms. The van der Waals surface area contributed by atoms with Crippen molar-refractivity contribution in [2.24, 2.45) is 0 Å². The lowest BCUT2D eigenvalue weighted by atomic mass is 10.1. The van der Waals surface area contributed by atoms with Gasteiger partial charge in [-0.05, 0) is 38.0 Å². The van der Waals surface area contributed by atoms with E-state index >= 15 is 0 Å². The van der Waals surface area contributed by atoms with Crippen molar-refractivity contribution < 1.29 is 0 Å². The maximum absolute atomic E-state index is 12.7. The summed E-state index contributed by atoms with van der Waals surface area (Å²) in [6, 6.07) is 16.2. The number of aromatic nitrogens is 2. The number of aromatic amines is 1. The molecule has 3 rings (SSSR count). The lowest BCUT2D eigenvalue weighted by Crippen LogP contribution is -2.16. The van der Waals surface area contributed by atoms with Crippen molar-refractivity contribution in [2.75, 3.05) is 0 Å². The third-order valence-corrected chi connectivity index (χ3v) is 3.97. The Balaban J connectivity index is 2.16. The molecular formula is C19H20N2O. The number of H-pyrrole nitrogens is 1. The lowest BCUT2D eigenvalue weighted by Gasteiger charge is -2.03. The van der Waals surface area contributed by atoms with Crippen LogP contribution in [0.15, 0.2) is 53.3 Å². The summed E-state index contributed by atoms with van der Waals surface area (Å²) in [6.07, 6.45) is 0.706. The topological polar surface area (TPSA) is 37.8 Å². The molecule has 22 heavy (non-hydrogen) atoms. The standard InChI is InChI=1S/C19H20N2O/c1-4-17-18(15-9-5-13(2)6-10-15)20-21(19(17)22)16-11-7-14(3)8-12-16/h5-12,20H,4H2,1-3H3.